The minimum absolute atomic E-state index is 0.0327. The van der Waals surface area contributed by atoms with Gasteiger partial charge in [-0.05, 0) is 80.8 Å². The Morgan fingerprint density at radius 2 is 1.59 bits per heavy atom. The molecule has 0 aliphatic rings. The van der Waals surface area contributed by atoms with Gasteiger partial charge in [-0.2, -0.15) is 0 Å². The molecule has 1 N–H and O–H groups in total. The van der Waals surface area contributed by atoms with Gasteiger partial charge in [0, 0.05) is 22.6 Å². The SMILES string of the molecule is CC[C@@H](C(=O)NC(C)C)N(Cc1ccccc1C)C(=O)CN(c1cccc(Cl)c1)S(=O)(=O)c1ccc(Cl)cc1. The van der Waals surface area contributed by atoms with Crippen LogP contribution in [0.3, 0.4) is 0 Å². The summed E-state index contributed by atoms with van der Waals surface area (Å²) in [4.78, 5) is 28.6. The van der Waals surface area contributed by atoms with Crippen molar-refractivity contribution in [2.24, 2.45) is 0 Å². The number of nitrogens with zero attached hydrogens (tertiary/aromatic N) is 2. The van der Waals surface area contributed by atoms with E-state index in [9.17, 15) is 18.0 Å². The first-order valence-corrected chi connectivity index (χ1v) is 14.8. The average molecular weight is 591 g/mol. The fourth-order valence-electron chi connectivity index (χ4n) is 4.17. The van der Waals surface area contributed by atoms with E-state index in [4.69, 9.17) is 23.2 Å². The number of nitrogens with one attached hydrogen (secondary N) is 1. The van der Waals surface area contributed by atoms with Crippen LogP contribution < -0.4 is 9.62 Å². The van der Waals surface area contributed by atoms with Gasteiger partial charge in [0.1, 0.15) is 12.6 Å². The summed E-state index contributed by atoms with van der Waals surface area (Å²) in [6.45, 7) is 7.04. The van der Waals surface area contributed by atoms with Crippen molar-refractivity contribution in [2.45, 2.75) is 57.6 Å². The fraction of sp³-hybridized carbons (Fsp3) is 0.310. The molecule has 3 rings (SSSR count). The number of sulfonamides is 1. The fourth-order valence-corrected chi connectivity index (χ4v) is 5.88. The zero-order chi connectivity index (χ0) is 28.7. The van der Waals surface area contributed by atoms with Crippen LogP contribution in [0.25, 0.3) is 0 Å². The van der Waals surface area contributed by atoms with E-state index in [1.807, 2.05) is 52.0 Å². The molecule has 3 aromatic rings. The highest BCUT2D eigenvalue weighted by Gasteiger charge is 2.34. The van der Waals surface area contributed by atoms with Crippen LogP contribution in [0, 0.1) is 6.92 Å². The minimum Gasteiger partial charge on any atom is -0.352 e. The zero-order valence-electron chi connectivity index (χ0n) is 22.4. The number of rotatable bonds is 11. The van der Waals surface area contributed by atoms with Crippen LogP contribution in [0.15, 0.2) is 77.7 Å². The Balaban J connectivity index is 2.08. The normalized spacial score (nSPS) is 12.2. The van der Waals surface area contributed by atoms with Crippen LogP contribution in [0.2, 0.25) is 10.0 Å². The Labute approximate surface area is 240 Å². The summed E-state index contributed by atoms with van der Waals surface area (Å²) in [5.74, 6) is -0.828. The summed E-state index contributed by atoms with van der Waals surface area (Å²) in [7, 11) is -4.20. The van der Waals surface area contributed by atoms with Gasteiger partial charge in [0.25, 0.3) is 10.0 Å². The Morgan fingerprint density at radius 1 is 0.923 bits per heavy atom. The summed E-state index contributed by atoms with van der Waals surface area (Å²) < 4.78 is 28.7. The van der Waals surface area contributed by atoms with Crippen LogP contribution in [-0.4, -0.2) is 43.8 Å². The van der Waals surface area contributed by atoms with Crippen LogP contribution in [0.5, 0.6) is 0 Å². The first-order valence-electron chi connectivity index (χ1n) is 12.6. The monoisotopic (exact) mass is 589 g/mol. The Kier molecular flexibility index (Phi) is 10.4. The number of carbonyl (C=O) groups is 2. The van der Waals surface area contributed by atoms with Crippen molar-refractivity contribution in [2.75, 3.05) is 10.8 Å². The molecule has 0 heterocycles. The third-order valence-electron chi connectivity index (χ3n) is 6.20. The highest BCUT2D eigenvalue weighted by atomic mass is 35.5. The van der Waals surface area contributed by atoms with Gasteiger partial charge in [-0.1, -0.05) is 60.5 Å². The van der Waals surface area contributed by atoms with E-state index in [0.717, 1.165) is 15.4 Å². The lowest BCUT2D eigenvalue weighted by molar-refractivity contribution is -0.140. The Morgan fingerprint density at radius 3 is 2.18 bits per heavy atom. The van der Waals surface area contributed by atoms with Crippen molar-refractivity contribution in [3.63, 3.8) is 0 Å². The number of halogens is 2. The molecule has 0 bridgehead atoms. The summed E-state index contributed by atoms with van der Waals surface area (Å²) in [6.07, 6.45) is 0.345. The van der Waals surface area contributed by atoms with Crippen molar-refractivity contribution in [1.82, 2.24) is 10.2 Å². The summed E-state index contributed by atoms with van der Waals surface area (Å²) in [5, 5.41) is 3.58. The predicted molar refractivity (Wildman–Crippen MR) is 157 cm³/mol. The van der Waals surface area contributed by atoms with E-state index >= 15 is 0 Å². The molecule has 0 aliphatic carbocycles. The molecule has 39 heavy (non-hydrogen) atoms. The number of aryl methyl sites for hydroxylation is 1. The second kappa shape index (κ2) is 13.3. The van der Waals surface area contributed by atoms with E-state index in [1.54, 1.807) is 18.2 Å². The summed E-state index contributed by atoms with van der Waals surface area (Å²) >= 11 is 12.2. The molecule has 3 aromatic carbocycles. The van der Waals surface area contributed by atoms with E-state index in [1.165, 1.54) is 35.2 Å². The first kappa shape index (κ1) is 30.5. The summed E-state index contributed by atoms with van der Waals surface area (Å²) in [6, 6.07) is 18.6. The van der Waals surface area contributed by atoms with Crippen molar-refractivity contribution >= 4 is 50.7 Å². The van der Waals surface area contributed by atoms with Gasteiger partial charge < -0.3 is 10.2 Å². The molecule has 0 aromatic heterocycles. The molecule has 0 fully saturated rings. The summed E-state index contributed by atoms with van der Waals surface area (Å²) in [5.41, 5.74) is 2.03. The number of carbonyl (C=O) groups excluding carboxylic acids is 2. The number of benzene rings is 3. The van der Waals surface area contributed by atoms with Gasteiger partial charge in [0.2, 0.25) is 11.8 Å². The molecule has 2 amide bonds. The smallest absolute Gasteiger partial charge is 0.264 e. The second-order valence-corrected chi connectivity index (χ2v) is 12.2. The quantitative estimate of drug-likeness (QED) is 0.305. The molecule has 0 unspecified atom stereocenters. The first-order chi connectivity index (χ1) is 18.4. The second-order valence-electron chi connectivity index (χ2n) is 9.48. The lowest BCUT2D eigenvalue weighted by Crippen LogP contribution is -2.53. The maximum absolute atomic E-state index is 14.0. The minimum atomic E-state index is -4.20. The zero-order valence-corrected chi connectivity index (χ0v) is 24.7. The number of hydrogen-bond acceptors (Lipinski definition) is 4. The van der Waals surface area contributed by atoms with E-state index < -0.39 is 28.5 Å². The van der Waals surface area contributed by atoms with Crippen molar-refractivity contribution in [3.05, 3.63) is 94.0 Å². The third-order valence-corrected chi connectivity index (χ3v) is 8.47. The van der Waals surface area contributed by atoms with Crippen molar-refractivity contribution in [1.29, 1.82) is 0 Å². The number of anilines is 1. The predicted octanol–water partition coefficient (Wildman–Crippen LogP) is 5.83. The van der Waals surface area contributed by atoms with Crippen LogP contribution in [-0.2, 0) is 26.2 Å². The van der Waals surface area contributed by atoms with Gasteiger partial charge in [0.05, 0.1) is 10.6 Å². The number of amides is 2. The standard InChI is InChI=1S/C29H33Cl2N3O4S/c1-5-27(29(36)32-20(2)3)33(18-22-10-7-6-9-21(22)4)28(35)19-34(25-12-8-11-24(31)17-25)39(37,38)26-15-13-23(30)14-16-26/h6-17,20,27H,5,18-19H2,1-4H3,(H,32,36)/t27-/m0/s1. The average Bonchev–Trinajstić information content (AvgIpc) is 2.87. The maximum atomic E-state index is 14.0. The lowest BCUT2D eigenvalue weighted by Gasteiger charge is -2.34. The van der Waals surface area contributed by atoms with E-state index in [0.29, 0.717) is 16.5 Å². The third kappa shape index (κ3) is 7.75. The van der Waals surface area contributed by atoms with Gasteiger partial charge >= 0.3 is 0 Å². The van der Waals surface area contributed by atoms with Gasteiger partial charge in [-0.25, -0.2) is 8.42 Å². The lowest BCUT2D eigenvalue weighted by atomic mass is 10.1. The van der Waals surface area contributed by atoms with Crippen LogP contribution in [0.4, 0.5) is 5.69 Å². The number of hydrogen-bond donors (Lipinski definition) is 1. The molecule has 7 nitrogen and oxygen atoms in total. The Bertz CT molecular complexity index is 1410. The highest BCUT2D eigenvalue weighted by molar-refractivity contribution is 7.92. The molecule has 1 atom stereocenters. The molecular weight excluding hydrogens is 557 g/mol. The molecule has 0 spiro atoms. The van der Waals surface area contributed by atoms with E-state index in [2.05, 4.69) is 5.32 Å². The van der Waals surface area contributed by atoms with Gasteiger partial charge in [0.15, 0.2) is 0 Å². The molecule has 0 saturated carbocycles. The maximum Gasteiger partial charge on any atom is 0.264 e. The molecule has 0 saturated heterocycles. The van der Waals surface area contributed by atoms with Crippen LogP contribution in [0.1, 0.15) is 38.3 Å². The molecule has 10 heteroatoms. The topological polar surface area (TPSA) is 86.8 Å². The Hall–Kier alpha value is -3.07. The highest BCUT2D eigenvalue weighted by Crippen LogP contribution is 2.28. The molecule has 0 aliphatic heterocycles. The van der Waals surface area contributed by atoms with Gasteiger partial charge in [-0.15, -0.1) is 0 Å². The molecular formula is C29H33Cl2N3O4S. The van der Waals surface area contributed by atoms with E-state index in [-0.39, 0.29) is 29.1 Å². The van der Waals surface area contributed by atoms with Crippen molar-refractivity contribution in [3.8, 4) is 0 Å². The molecule has 0 radical (unpaired) electrons. The van der Waals surface area contributed by atoms with Gasteiger partial charge in [-0.3, -0.25) is 13.9 Å². The van der Waals surface area contributed by atoms with Crippen LogP contribution >= 0.6 is 23.2 Å². The molecule has 208 valence electrons. The van der Waals surface area contributed by atoms with Crippen molar-refractivity contribution < 1.29 is 18.0 Å². The largest absolute Gasteiger partial charge is 0.352 e.